The average Bonchev–Trinajstić information content (AvgIpc) is 2.72. The fraction of sp³-hybridized carbons (Fsp3) is 0.0435. The number of aromatic carboxylic acids is 1. The molecule has 0 aliphatic heterocycles. The minimum Gasteiger partial charge on any atom is -0.489 e. The van der Waals surface area contributed by atoms with E-state index in [1.807, 2.05) is 12.1 Å². The summed E-state index contributed by atoms with van der Waals surface area (Å²) < 4.78 is 18.6. The van der Waals surface area contributed by atoms with Gasteiger partial charge in [-0.05, 0) is 59.2 Å². The van der Waals surface area contributed by atoms with Gasteiger partial charge in [0.05, 0.1) is 17.2 Å². The Hall–Kier alpha value is -3.91. The molecule has 0 bridgehead atoms. The molecule has 0 aromatic heterocycles. The highest BCUT2D eigenvalue weighted by Gasteiger charge is 2.05. The van der Waals surface area contributed by atoms with Crippen LogP contribution in [0.4, 0.5) is 4.39 Å². The van der Waals surface area contributed by atoms with E-state index in [1.54, 1.807) is 42.5 Å². The number of carbonyl (C=O) groups is 1. The van der Waals surface area contributed by atoms with E-state index >= 15 is 0 Å². The molecule has 0 amide bonds. The van der Waals surface area contributed by atoms with Gasteiger partial charge in [-0.3, -0.25) is 0 Å². The fourth-order valence-electron chi connectivity index (χ4n) is 2.55. The van der Waals surface area contributed by atoms with E-state index in [9.17, 15) is 14.4 Å². The fourth-order valence-corrected chi connectivity index (χ4v) is 2.55. The summed E-state index contributed by atoms with van der Waals surface area (Å²) in [6, 6.07) is 21.6. The summed E-state index contributed by atoms with van der Waals surface area (Å²) in [4.78, 5) is 10.9. The molecule has 1 N–H and O–H groups in total. The van der Waals surface area contributed by atoms with Gasteiger partial charge in [0, 0.05) is 0 Å². The first-order chi connectivity index (χ1) is 13.5. The highest BCUT2D eigenvalue weighted by molar-refractivity contribution is 5.92. The Balaban J connectivity index is 1.69. The molecule has 3 rings (SSSR count). The predicted molar refractivity (Wildman–Crippen MR) is 104 cm³/mol. The molecule has 0 radical (unpaired) electrons. The van der Waals surface area contributed by atoms with Crippen molar-refractivity contribution in [3.8, 4) is 11.8 Å². The SMILES string of the molecule is N#C/C(=C/c1ccc(OCc2ccc(F)cc2)cc1)c1ccc(C(=O)O)cc1. The van der Waals surface area contributed by atoms with Crippen molar-refractivity contribution in [1.29, 1.82) is 5.26 Å². The van der Waals surface area contributed by atoms with Crippen LogP contribution in [0.3, 0.4) is 0 Å². The van der Waals surface area contributed by atoms with Crippen molar-refractivity contribution in [2.75, 3.05) is 0 Å². The zero-order valence-corrected chi connectivity index (χ0v) is 14.8. The molecule has 0 saturated heterocycles. The van der Waals surface area contributed by atoms with Gasteiger partial charge < -0.3 is 9.84 Å². The molecule has 28 heavy (non-hydrogen) atoms. The van der Waals surface area contributed by atoms with E-state index in [4.69, 9.17) is 9.84 Å². The third-order valence-corrected chi connectivity index (χ3v) is 4.07. The molecular formula is C23H16FNO3. The topological polar surface area (TPSA) is 70.3 Å². The third kappa shape index (κ3) is 4.83. The van der Waals surface area contributed by atoms with Crippen molar-refractivity contribution in [1.82, 2.24) is 0 Å². The Morgan fingerprint density at radius 1 is 0.964 bits per heavy atom. The van der Waals surface area contributed by atoms with Gasteiger partial charge in [0.1, 0.15) is 18.2 Å². The number of ether oxygens (including phenoxy) is 1. The van der Waals surface area contributed by atoms with Crippen molar-refractivity contribution in [3.63, 3.8) is 0 Å². The maximum absolute atomic E-state index is 12.9. The molecule has 0 aliphatic rings. The molecule has 4 nitrogen and oxygen atoms in total. The second-order valence-electron chi connectivity index (χ2n) is 6.04. The molecule has 3 aromatic carbocycles. The van der Waals surface area contributed by atoms with Crippen LogP contribution in [0.5, 0.6) is 5.75 Å². The second kappa shape index (κ2) is 8.65. The van der Waals surface area contributed by atoms with Gasteiger partial charge in [-0.2, -0.15) is 5.26 Å². The van der Waals surface area contributed by atoms with Gasteiger partial charge in [0.2, 0.25) is 0 Å². The van der Waals surface area contributed by atoms with Crippen LogP contribution >= 0.6 is 0 Å². The number of rotatable bonds is 6. The molecule has 0 heterocycles. The standard InChI is InChI=1S/C23H16FNO3/c24-21-9-1-17(2-10-21)15-28-22-11-3-16(4-12-22)13-20(14-25)18-5-7-19(8-6-18)23(26)27/h1-13H,15H2,(H,26,27)/b20-13-. The first-order valence-electron chi connectivity index (χ1n) is 8.48. The van der Waals surface area contributed by atoms with Gasteiger partial charge in [-0.25, -0.2) is 9.18 Å². The number of allylic oxidation sites excluding steroid dienone is 1. The molecule has 0 aliphatic carbocycles. The molecule has 5 heteroatoms. The molecular weight excluding hydrogens is 357 g/mol. The Kier molecular flexibility index (Phi) is 5.83. The summed E-state index contributed by atoms with van der Waals surface area (Å²) in [7, 11) is 0. The van der Waals surface area contributed by atoms with Crippen LogP contribution in [0.1, 0.15) is 27.0 Å². The van der Waals surface area contributed by atoms with E-state index in [1.165, 1.54) is 24.3 Å². The number of carboxylic acids is 1. The van der Waals surface area contributed by atoms with E-state index in [-0.39, 0.29) is 11.4 Å². The largest absolute Gasteiger partial charge is 0.489 e. The number of carboxylic acid groups (broad SMARTS) is 1. The number of nitriles is 1. The lowest BCUT2D eigenvalue weighted by Crippen LogP contribution is -1.96. The Morgan fingerprint density at radius 3 is 2.14 bits per heavy atom. The van der Waals surface area contributed by atoms with Crippen LogP contribution in [0.25, 0.3) is 11.6 Å². The Morgan fingerprint density at radius 2 is 1.57 bits per heavy atom. The van der Waals surface area contributed by atoms with Crippen LogP contribution in [0.15, 0.2) is 72.8 Å². The van der Waals surface area contributed by atoms with Crippen molar-refractivity contribution in [2.24, 2.45) is 0 Å². The Bertz CT molecular complexity index is 1030. The molecule has 0 spiro atoms. The van der Waals surface area contributed by atoms with E-state index in [0.29, 0.717) is 23.5 Å². The van der Waals surface area contributed by atoms with Crippen molar-refractivity contribution < 1.29 is 19.0 Å². The maximum Gasteiger partial charge on any atom is 0.335 e. The van der Waals surface area contributed by atoms with Gasteiger partial charge in [0.25, 0.3) is 0 Å². The van der Waals surface area contributed by atoms with Gasteiger partial charge in [-0.1, -0.05) is 36.4 Å². The molecule has 0 saturated carbocycles. The van der Waals surface area contributed by atoms with Gasteiger partial charge in [-0.15, -0.1) is 0 Å². The van der Waals surface area contributed by atoms with Crippen molar-refractivity contribution >= 4 is 17.6 Å². The summed E-state index contributed by atoms with van der Waals surface area (Å²) >= 11 is 0. The third-order valence-electron chi connectivity index (χ3n) is 4.07. The van der Waals surface area contributed by atoms with Crippen LogP contribution in [0.2, 0.25) is 0 Å². The second-order valence-corrected chi connectivity index (χ2v) is 6.04. The minimum atomic E-state index is -1.01. The van der Waals surface area contributed by atoms with Gasteiger partial charge in [0.15, 0.2) is 0 Å². The van der Waals surface area contributed by atoms with Crippen LogP contribution in [-0.4, -0.2) is 11.1 Å². The quantitative estimate of drug-likeness (QED) is 0.478. The summed E-state index contributed by atoms with van der Waals surface area (Å²) in [5.41, 5.74) is 2.92. The minimum absolute atomic E-state index is 0.170. The molecule has 138 valence electrons. The number of hydrogen-bond acceptors (Lipinski definition) is 3. The normalized spacial score (nSPS) is 10.9. The molecule has 0 unspecified atom stereocenters. The number of benzene rings is 3. The maximum atomic E-state index is 12.9. The lowest BCUT2D eigenvalue weighted by Gasteiger charge is -2.07. The lowest BCUT2D eigenvalue weighted by atomic mass is 10.0. The zero-order valence-electron chi connectivity index (χ0n) is 14.8. The lowest BCUT2D eigenvalue weighted by molar-refractivity contribution is 0.0697. The van der Waals surface area contributed by atoms with Gasteiger partial charge >= 0.3 is 5.97 Å². The molecule has 0 fully saturated rings. The summed E-state index contributed by atoms with van der Waals surface area (Å²) in [5.74, 6) is -0.637. The highest BCUT2D eigenvalue weighted by Crippen LogP contribution is 2.21. The zero-order chi connectivity index (χ0) is 19.9. The predicted octanol–water partition coefficient (Wildman–Crippen LogP) is 5.17. The van der Waals surface area contributed by atoms with Crippen molar-refractivity contribution in [3.05, 3.63) is 101 Å². The molecule has 0 atom stereocenters. The number of halogens is 1. The van der Waals surface area contributed by atoms with E-state index in [2.05, 4.69) is 6.07 Å². The van der Waals surface area contributed by atoms with Crippen molar-refractivity contribution in [2.45, 2.75) is 6.61 Å². The summed E-state index contributed by atoms with van der Waals surface area (Å²) in [6.45, 7) is 0.328. The molecule has 3 aromatic rings. The summed E-state index contributed by atoms with van der Waals surface area (Å²) in [5, 5.41) is 18.4. The highest BCUT2D eigenvalue weighted by atomic mass is 19.1. The van der Waals surface area contributed by atoms with E-state index in [0.717, 1.165) is 11.1 Å². The monoisotopic (exact) mass is 373 g/mol. The smallest absolute Gasteiger partial charge is 0.335 e. The van der Waals surface area contributed by atoms with Crippen LogP contribution < -0.4 is 4.74 Å². The summed E-state index contributed by atoms with van der Waals surface area (Å²) in [6.07, 6.45) is 1.72. The first kappa shape index (κ1) is 18.9. The first-order valence-corrected chi connectivity index (χ1v) is 8.48. The number of nitrogens with zero attached hydrogens (tertiary/aromatic N) is 1. The van der Waals surface area contributed by atoms with E-state index < -0.39 is 5.97 Å². The van der Waals surface area contributed by atoms with Crippen LogP contribution in [0, 0.1) is 17.1 Å². The Labute approximate surface area is 161 Å². The average molecular weight is 373 g/mol. The van der Waals surface area contributed by atoms with Crippen LogP contribution in [-0.2, 0) is 6.61 Å². The number of hydrogen-bond donors (Lipinski definition) is 1.